The Balaban J connectivity index is 1.29. The van der Waals surface area contributed by atoms with Crippen molar-refractivity contribution in [3.63, 3.8) is 0 Å². The van der Waals surface area contributed by atoms with Crippen molar-refractivity contribution in [2.75, 3.05) is 25.0 Å². The molecule has 3 amide bonds. The molecule has 2 aromatic rings. The van der Waals surface area contributed by atoms with Crippen LogP contribution in [0.25, 0.3) is 0 Å². The third kappa shape index (κ3) is 5.48. The number of benzene rings is 2. The van der Waals surface area contributed by atoms with Crippen LogP contribution in [-0.4, -0.2) is 49.4 Å². The molecule has 1 fully saturated rings. The molecule has 0 radical (unpaired) electrons. The number of nitrogens with zero attached hydrogens (tertiary/aromatic N) is 2. The summed E-state index contributed by atoms with van der Waals surface area (Å²) in [6.07, 6.45) is 0.239. The highest BCUT2D eigenvalue weighted by molar-refractivity contribution is 7.87. The highest BCUT2D eigenvalue weighted by Gasteiger charge is 2.30. The van der Waals surface area contributed by atoms with Crippen molar-refractivity contribution in [2.24, 2.45) is 0 Å². The molecule has 2 aromatic carbocycles. The number of fused-ring (bicyclic) bond motifs is 1. The number of hydrogen-bond acceptors (Lipinski definition) is 5. The van der Waals surface area contributed by atoms with Crippen LogP contribution in [0.5, 0.6) is 0 Å². The van der Waals surface area contributed by atoms with Crippen LogP contribution in [0, 0.1) is 5.82 Å². The lowest BCUT2D eigenvalue weighted by atomic mass is 9.90. The van der Waals surface area contributed by atoms with Crippen molar-refractivity contribution in [3.05, 3.63) is 65.0 Å². The zero-order valence-electron chi connectivity index (χ0n) is 18.8. The molecular formula is C23H27FN4O5S. The van der Waals surface area contributed by atoms with E-state index in [1.165, 1.54) is 16.4 Å². The Kier molecular flexibility index (Phi) is 7.03. The Hall–Kier alpha value is -3.18. The molecular weight excluding hydrogens is 463 g/mol. The number of piperidine rings is 1. The van der Waals surface area contributed by atoms with E-state index in [9.17, 15) is 22.4 Å². The van der Waals surface area contributed by atoms with Gasteiger partial charge >= 0.3 is 22.3 Å². The lowest BCUT2D eigenvalue weighted by molar-refractivity contribution is 0.157. The number of carbonyl (C=O) groups is 2. The summed E-state index contributed by atoms with van der Waals surface area (Å²) in [5.74, 6) is -0.142. The van der Waals surface area contributed by atoms with Crippen LogP contribution in [0.1, 0.15) is 42.4 Å². The van der Waals surface area contributed by atoms with Gasteiger partial charge in [-0.3, -0.25) is 0 Å². The van der Waals surface area contributed by atoms with Gasteiger partial charge in [-0.25, -0.2) is 18.7 Å². The fraction of sp³-hybridized carbons (Fsp3) is 0.391. The topological polar surface area (TPSA) is 108 Å². The molecule has 0 aliphatic carbocycles. The minimum Gasteiger partial charge on any atom is -0.449 e. The third-order valence-electron chi connectivity index (χ3n) is 6.09. The minimum absolute atomic E-state index is 0.0888. The Bertz CT molecular complexity index is 1160. The lowest BCUT2D eigenvalue weighted by Crippen LogP contribution is -2.46. The fourth-order valence-electron chi connectivity index (χ4n) is 4.31. The summed E-state index contributed by atoms with van der Waals surface area (Å²) in [5, 5.41) is 2.87. The van der Waals surface area contributed by atoms with Gasteiger partial charge in [-0.2, -0.15) is 12.7 Å². The highest BCUT2D eigenvalue weighted by Crippen LogP contribution is 2.30. The number of hydrogen-bond donors (Lipinski definition) is 2. The third-order valence-corrected chi connectivity index (χ3v) is 7.56. The van der Waals surface area contributed by atoms with Gasteiger partial charge < -0.3 is 15.0 Å². The van der Waals surface area contributed by atoms with Crippen LogP contribution in [0.4, 0.5) is 19.7 Å². The van der Waals surface area contributed by atoms with E-state index >= 15 is 0 Å². The largest absolute Gasteiger partial charge is 0.449 e. The Morgan fingerprint density at radius 3 is 2.41 bits per heavy atom. The lowest BCUT2D eigenvalue weighted by Gasteiger charge is -2.31. The van der Waals surface area contributed by atoms with Gasteiger partial charge in [-0.1, -0.05) is 18.2 Å². The van der Waals surface area contributed by atoms with Gasteiger partial charge in [0.15, 0.2) is 0 Å². The summed E-state index contributed by atoms with van der Waals surface area (Å²) in [4.78, 5) is 25.7. The minimum atomic E-state index is -3.93. The van der Waals surface area contributed by atoms with Gasteiger partial charge in [0.25, 0.3) is 0 Å². The summed E-state index contributed by atoms with van der Waals surface area (Å²) >= 11 is 0. The summed E-state index contributed by atoms with van der Waals surface area (Å²) in [7, 11) is -3.93. The van der Waals surface area contributed by atoms with Gasteiger partial charge in [0.2, 0.25) is 0 Å². The predicted molar refractivity (Wildman–Crippen MR) is 124 cm³/mol. The molecule has 0 unspecified atom stereocenters. The molecule has 0 aromatic heterocycles. The van der Waals surface area contributed by atoms with Crippen LogP contribution in [0.3, 0.4) is 0 Å². The van der Waals surface area contributed by atoms with Gasteiger partial charge in [0.1, 0.15) is 5.82 Å². The number of rotatable bonds is 5. The molecule has 2 N–H and O–H groups in total. The van der Waals surface area contributed by atoms with Crippen molar-refractivity contribution >= 4 is 28.0 Å². The maximum absolute atomic E-state index is 13.4. The molecule has 2 aliphatic rings. The van der Waals surface area contributed by atoms with E-state index in [0.717, 1.165) is 16.7 Å². The first-order valence-electron chi connectivity index (χ1n) is 11.1. The normalized spacial score (nSPS) is 16.7. The van der Waals surface area contributed by atoms with Crippen molar-refractivity contribution in [2.45, 2.75) is 38.8 Å². The number of halogens is 1. The Morgan fingerprint density at radius 1 is 1.06 bits per heavy atom. The zero-order chi connectivity index (χ0) is 24.3. The molecule has 2 heterocycles. The summed E-state index contributed by atoms with van der Waals surface area (Å²) < 4.78 is 45.8. The quantitative estimate of drug-likeness (QED) is 0.667. The van der Waals surface area contributed by atoms with Crippen molar-refractivity contribution in [1.82, 2.24) is 13.9 Å². The molecule has 2 aliphatic heterocycles. The molecule has 34 heavy (non-hydrogen) atoms. The summed E-state index contributed by atoms with van der Waals surface area (Å²) in [5.41, 5.74) is 3.46. The molecule has 1 saturated heterocycles. The van der Waals surface area contributed by atoms with Crippen LogP contribution in [0.2, 0.25) is 0 Å². The van der Waals surface area contributed by atoms with Crippen LogP contribution < -0.4 is 10.0 Å². The molecule has 9 nitrogen and oxygen atoms in total. The van der Waals surface area contributed by atoms with Crippen molar-refractivity contribution < 1.29 is 27.1 Å². The Labute approximate surface area is 198 Å². The SMILES string of the molecule is CCOC(=O)NS(=O)(=O)N1CCC(c2ccc(NC(=O)N3Cc4ccc(F)cc4C3)cc2)CC1. The average Bonchev–Trinajstić information content (AvgIpc) is 3.23. The number of urea groups is 1. The van der Waals surface area contributed by atoms with E-state index < -0.39 is 16.3 Å². The molecule has 11 heteroatoms. The summed E-state index contributed by atoms with van der Waals surface area (Å²) in [6.45, 7) is 3.06. The predicted octanol–water partition coefficient (Wildman–Crippen LogP) is 3.54. The fourth-order valence-corrected chi connectivity index (χ4v) is 5.40. The number of ether oxygens (including phenoxy) is 1. The zero-order valence-corrected chi connectivity index (χ0v) is 19.6. The second-order valence-electron chi connectivity index (χ2n) is 8.32. The van der Waals surface area contributed by atoms with Crippen LogP contribution in [-0.2, 0) is 28.0 Å². The maximum Gasteiger partial charge on any atom is 0.421 e. The molecule has 0 spiro atoms. The van der Waals surface area contributed by atoms with Crippen molar-refractivity contribution in [1.29, 1.82) is 0 Å². The second-order valence-corrected chi connectivity index (χ2v) is 9.99. The van der Waals surface area contributed by atoms with Gasteiger partial charge in [-0.05, 0) is 66.6 Å². The van der Waals surface area contributed by atoms with E-state index in [-0.39, 0.29) is 37.5 Å². The van der Waals surface area contributed by atoms with E-state index in [2.05, 4.69) is 10.1 Å². The second kappa shape index (κ2) is 9.98. The molecule has 4 rings (SSSR count). The average molecular weight is 491 g/mol. The maximum atomic E-state index is 13.4. The molecule has 0 saturated carbocycles. The number of nitrogens with one attached hydrogen (secondary N) is 2. The highest BCUT2D eigenvalue weighted by atomic mass is 32.2. The van der Waals surface area contributed by atoms with Crippen molar-refractivity contribution in [3.8, 4) is 0 Å². The number of anilines is 1. The first-order chi connectivity index (χ1) is 16.2. The molecule has 0 bridgehead atoms. The molecule has 182 valence electrons. The van der Waals surface area contributed by atoms with E-state index in [1.54, 1.807) is 17.9 Å². The van der Waals surface area contributed by atoms with E-state index in [0.29, 0.717) is 31.6 Å². The Morgan fingerprint density at radius 2 is 1.74 bits per heavy atom. The number of carbonyl (C=O) groups excluding carboxylic acids is 2. The van der Waals surface area contributed by atoms with E-state index in [1.807, 2.05) is 29.0 Å². The van der Waals surface area contributed by atoms with Gasteiger partial charge in [-0.15, -0.1) is 0 Å². The van der Waals surface area contributed by atoms with Gasteiger partial charge in [0.05, 0.1) is 6.61 Å². The summed E-state index contributed by atoms with van der Waals surface area (Å²) in [6, 6.07) is 11.8. The standard InChI is InChI=1S/C23H27FN4O5S/c1-2-33-23(30)26-34(31,32)28-11-9-17(10-12-28)16-4-7-21(8-5-16)25-22(29)27-14-18-3-6-20(24)13-19(18)15-27/h3-8,13,17H,2,9-12,14-15H2,1H3,(H,25,29)(H,26,30). The smallest absolute Gasteiger partial charge is 0.421 e. The first-order valence-corrected chi connectivity index (χ1v) is 12.6. The monoisotopic (exact) mass is 490 g/mol. The van der Waals surface area contributed by atoms with Gasteiger partial charge in [0, 0.05) is 31.9 Å². The van der Waals surface area contributed by atoms with Crippen LogP contribution in [0.15, 0.2) is 42.5 Å². The number of amides is 3. The van der Waals surface area contributed by atoms with E-state index in [4.69, 9.17) is 0 Å². The van der Waals surface area contributed by atoms with Crippen LogP contribution >= 0.6 is 0 Å². The first kappa shape index (κ1) is 24.0. The molecule has 0 atom stereocenters.